The van der Waals surface area contributed by atoms with Crippen LogP contribution in [0, 0.1) is 5.92 Å². The third kappa shape index (κ3) is 4.22. The summed E-state index contributed by atoms with van der Waals surface area (Å²) < 4.78 is 38.6. The first-order valence-electron chi connectivity index (χ1n) is 6.78. The van der Waals surface area contributed by atoms with Gasteiger partial charge in [-0.2, -0.15) is 13.2 Å². The molecule has 0 bridgehead atoms. The molecule has 0 saturated carbocycles. The molecule has 2 atom stereocenters. The summed E-state index contributed by atoms with van der Waals surface area (Å²) in [4.78, 5) is 0. The van der Waals surface area contributed by atoms with E-state index in [1.807, 2.05) is 6.92 Å². The van der Waals surface area contributed by atoms with Gasteiger partial charge in [-0.05, 0) is 37.1 Å². The highest BCUT2D eigenvalue weighted by Crippen LogP contribution is 2.37. The number of hydrogen-bond donors (Lipinski definition) is 1. The summed E-state index contributed by atoms with van der Waals surface area (Å²) in [6.07, 6.45) is -4.30. The van der Waals surface area contributed by atoms with Crippen LogP contribution < -0.4 is 5.32 Å². The summed E-state index contributed by atoms with van der Waals surface area (Å²) >= 11 is 3.30. The number of alkyl halides is 3. The van der Waals surface area contributed by atoms with Crippen molar-refractivity contribution in [1.82, 2.24) is 5.32 Å². The summed E-state index contributed by atoms with van der Waals surface area (Å²) in [6, 6.07) is 4.12. The topological polar surface area (TPSA) is 12.0 Å². The fourth-order valence-corrected chi connectivity index (χ4v) is 3.27. The van der Waals surface area contributed by atoms with Gasteiger partial charge in [-0.3, -0.25) is 0 Å². The predicted molar refractivity (Wildman–Crippen MR) is 79.9 cm³/mol. The van der Waals surface area contributed by atoms with Crippen molar-refractivity contribution >= 4 is 15.9 Å². The van der Waals surface area contributed by atoms with Crippen molar-refractivity contribution in [3.05, 3.63) is 33.8 Å². The van der Waals surface area contributed by atoms with Crippen LogP contribution in [-0.4, -0.2) is 12.6 Å². The molecule has 20 heavy (non-hydrogen) atoms. The third-order valence-corrected chi connectivity index (χ3v) is 4.16. The van der Waals surface area contributed by atoms with Crippen LogP contribution in [0.25, 0.3) is 0 Å². The van der Waals surface area contributed by atoms with Gasteiger partial charge in [-0.1, -0.05) is 42.8 Å². The average molecular weight is 352 g/mol. The Labute approximate surface area is 127 Å². The number of halogens is 4. The number of nitrogens with one attached hydrogen (secondary N) is 1. The van der Waals surface area contributed by atoms with E-state index in [4.69, 9.17) is 0 Å². The lowest BCUT2D eigenvalue weighted by Crippen LogP contribution is -2.34. The number of likely N-dealkylation sites (N-methyl/N-ethyl adjacent to an activating group) is 1. The van der Waals surface area contributed by atoms with Crippen molar-refractivity contribution < 1.29 is 13.2 Å². The highest BCUT2D eigenvalue weighted by atomic mass is 79.9. The molecule has 1 aromatic carbocycles. The maximum atomic E-state index is 12.7. The minimum absolute atomic E-state index is 0.159. The zero-order valence-corrected chi connectivity index (χ0v) is 13.8. The van der Waals surface area contributed by atoms with E-state index in [1.54, 1.807) is 6.07 Å². The van der Waals surface area contributed by atoms with Crippen LogP contribution in [0.2, 0.25) is 0 Å². The summed E-state index contributed by atoms with van der Waals surface area (Å²) in [7, 11) is 0. The Kier molecular flexibility index (Phi) is 6.07. The van der Waals surface area contributed by atoms with Gasteiger partial charge in [0.25, 0.3) is 0 Å². The van der Waals surface area contributed by atoms with Crippen molar-refractivity contribution in [1.29, 1.82) is 0 Å². The van der Waals surface area contributed by atoms with Gasteiger partial charge in [0.1, 0.15) is 0 Å². The van der Waals surface area contributed by atoms with Crippen molar-refractivity contribution in [2.24, 2.45) is 5.92 Å². The van der Waals surface area contributed by atoms with E-state index in [2.05, 4.69) is 42.0 Å². The normalized spacial score (nSPS) is 15.4. The minimum atomic E-state index is -4.30. The average Bonchev–Trinajstić information content (AvgIpc) is 2.30. The molecule has 114 valence electrons. The van der Waals surface area contributed by atoms with Gasteiger partial charge in [-0.15, -0.1) is 0 Å². The summed E-state index contributed by atoms with van der Waals surface area (Å²) in [5.74, 6) is 0.490. The molecule has 1 rings (SSSR count). The molecule has 0 aliphatic carbocycles. The second-order valence-electron chi connectivity index (χ2n) is 5.35. The minimum Gasteiger partial charge on any atom is -0.314 e. The first-order valence-corrected chi connectivity index (χ1v) is 7.57. The molecule has 1 N–H and O–H groups in total. The van der Waals surface area contributed by atoms with Gasteiger partial charge < -0.3 is 5.32 Å². The molecule has 0 fully saturated rings. The van der Waals surface area contributed by atoms with E-state index in [9.17, 15) is 13.2 Å². The molecule has 5 heteroatoms. The van der Waals surface area contributed by atoms with Crippen LogP contribution in [0.15, 0.2) is 22.7 Å². The summed E-state index contributed by atoms with van der Waals surface area (Å²) in [6.45, 7) is 9.10. The molecule has 0 radical (unpaired) electrons. The molecule has 1 aromatic rings. The lowest BCUT2D eigenvalue weighted by atomic mass is 9.82. The standard InChI is InChI=1S/C15H21BrF3N/c1-5-20-10(4)14(9(2)3)12-7-6-11(8-13(12)16)15(17,18)19/h6-10,14,20H,5H2,1-4H3. The van der Waals surface area contributed by atoms with Crippen LogP contribution >= 0.6 is 15.9 Å². The quantitative estimate of drug-likeness (QED) is 0.768. The predicted octanol–water partition coefficient (Wildman–Crippen LogP) is 5.21. The maximum Gasteiger partial charge on any atom is 0.416 e. The number of benzene rings is 1. The SMILES string of the molecule is CCNC(C)C(c1ccc(C(F)(F)F)cc1Br)C(C)C. The lowest BCUT2D eigenvalue weighted by Gasteiger charge is -2.29. The van der Waals surface area contributed by atoms with Gasteiger partial charge in [0.2, 0.25) is 0 Å². The Morgan fingerprint density at radius 3 is 2.20 bits per heavy atom. The molecule has 0 heterocycles. The van der Waals surface area contributed by atoms with E-state index in [1.165, 1.54) is 6.07 Å². The van der Waals surface area contributed by atoms with Crippen LogP contribution in [-0.2, 0) is 6.18 Å². The van der Waals surface area contributed by atoms with E-state index in [0.717, 1.165) is 18.2 Å². The second kappa shape index (κ2) is 6.94. The van der Waals surface area contributed by atoms with Gasteiger partial charge in [-0.25, -0.2) is 0 Å². The Bertz CT molecular complexity index is 443. The second-order valence-corrected chi connectivity index (χ2v) is 6.20. The van der Waals surface area contributed by atoms with E-state index < -0.39 is 11.7 Å². The first kappa shape index (κ1) is 17.5. The Morgan fingerprint density at radius 1 is 1.20 bits per heavy atom. The van der Waals surface area contributed by atoms with Crippen molar-refractivity contribution in [3.63, 3.8) is 0 Å². The Balaban J connectivity index is 3.16. The van der Waals surface area contributed by atoms with Crippen molar-refractivity contribution in [3.8, 4) is 0 Å². The van der Waals surface area contributed by atoms with Gasteiger partial charge in [0.15, 0.2) is 0 Å². The van der Waals surface area contributed by atoms with Gasteiger partial charge in [0, 0.05) is 16.4 Å². The fraction of sp³-hybridized carbons (Fsp3) is 0.600. The first-order chi connectivity index (χ1) is 9.18. The third-order valence-electron chi connectivity index (χ3n) is 3.47. The molecule has 2 unspecified atom stereocenters. The maximum absolute atomic E-state index is 12.7. The molecule has 0 spiro atoms. The van der Waals surface area contributed by atoms with E-state index in [-0.39, 0.29) is 12.0 Å². The van der Waals surface area contributed by atoms with Gasteiger partial charge >= 0.3 is 6.18 Å². The Morgan fingerprint density at radius 2 is 1.80 bits per heavy atom. The lowest BCUT2D eigenvalue weighted by molar-refractivity contribution is -0.137. The fourth-order valence-electron chi connectivity index (χ4n) is 2.63. The zero-order valence-electron chi connectivity index (χ0n) is 12.2. The molecule has 1 nitrogen and oxygen atoms in total. The zero-order chi connectivity index (χ0) is 15.5. The summed E-state index contributed by atoms with van der Waals surface area (Å²) in [5, 5.41) is 3.35. The molecule has 0 saturated heterocycles. The number of hydrogen-bond acceptors (Lipinski definition) is 1. The van der Waals surface area contributed by atoms with E-state index >= 15 is 0 Å². The van der Waals surface area contributed by atoms with Crippen LogP contribution in [0.4, 0.5) is 13.2 Å². The monoisotopic (exact) mass is 351 g/mol. The highest BCUT2D eigenvalue weighted by Gasteiger charge is 2.32. The molecule has 0 amide bonds. The molecular weight excluding hydrogens is 331 g/mol. The van der Waals surface area contributed by atoms with E-state index in [0.29, 0.717) is 10.4 Å². The van der Waals surface area contributed by atoms with Crippen LogP contribution in [0.3, 0.4) is 0 Å². The molecule has 0 aliphatic heterocycles. The smallest absolute Gasteiger partial charge is 0.314 e. The van der Waals surface area contributed by atoms with Gasteiger partial charge in [0.05, 0.1) is 5.56 Å². The van der Waals surface area contributed by atoms with Crippen LogP contribution in [0.5, 0.6) is 0 Å². The molecule has 0 aromatic heterocycles. The van der Waals surface area contributed by atoms with Crippen LogP contribution in [0.1, 0.15) is 44.7 Å². The molecular formula is C15H21BrF3N. The van der Waals surface area contributed by atoms with Crippen molar-refractivity contribution in [2.45, 2.75) is 45.8 Å². The Hall–Kier alpha value is -0.550. The largest absolute Gasteiger partial charge is 0.416 e. The molecule has 0 aliphatic rings. The summed E-state index contributed by atoms with van der Waals surface area (Å²) in [5.41, 5.74) is 0.299. The highest BCUT2D eigenvalue weighted by molar-refractivity contribution is 9.10. The number of rotatable bonds is 5. The van der Waals surface area contributed by atoms with Crippen molar-refractivity contribution in [2.75, 3.05) is 6.54 Å².